The van der Waals surface area contributed by atoms with Gasteiger partial charge >= 0.3 is 0 Å². The van der Waals surface area contributed by atoms with Gasteiger partial charge in [-0.3, -0.25) is 4.79 Å². The Kier molecular flexibility index (Phi) is 3.70. The number of amides is 1. The summed E-state index contributed by atoms with van der Waals surface area (Å²) in [5, 5.41) is 9.56. The summed E-state index contributed by atoms with van der Waals surface area (Å²) >= 11 is 0. The van der Waals surface area contributed by atoms with Gasteiger partial charge in [0.05, 0.1) is 5.69 Å². The van der Waals surface area contributed by atoms with Crippen molar-refractivity contribution in [3.8, 4) is 0 Å². The van der Waals surface area contributed by atoms with Crippen LogP contribution in [0.25, 0.3) is 10.4 Å². The molecule has 0 aliphatic heterocycles. The Morgan fingerprint density at radius 2 is 2.40 bits per heavy atom. The minimum atomic E-state index is -0.264. The minimum absolute atomic E-state index is 0.228. The Morgan fingerprint density at radius 3 is 2.93 bits per heavy atom. The molecular formula is C8H11N5O2. The lowest BCUT2D eigenvalue weighted by Gasteiger charge is -2.01. The molecule has 0 radical (unpaired) electrons. The third kappa shape index (κ3) is 2.72. The summed E-state index contributed by atoms with van der Waals surface area (Å²) < 4.78 is 4.85. The fraction of sp³-hybridized carbons (Fsp3) is 0.500. The van der Waals surface area contributed by atoms with Crippen molar-refractivity contribution in [2.45, 2.75) is 13.8 Å². The zero-order valence-corrected chi connectivity index (χ0v) is 8.52. The van der Waals surface area contributed by atoms with Gasteiger partial charge in [-0.15, -0.1) is 0 Å². The van der Waals surface area contributed by atoms with Crippen LogP contribution in [0.5, 0.6) is 0 Å². The number of aromatic nitrogens is 1. The zero-order chi connectivity index (χ0) is 11.3. The molecule has 0 spiro atoms. The van der Waals surface area contributed by atoms with Crippen LogP contribution in [0.2, 0.25) is 0 Å². The maximum Gasteiger partial charge on any atom is 0.256 e. The number of hydrogen-bond acceptors (Lipinski definition) is 4. The fourth-order valence-corrected chi connectivity index (χ4v) is 1.16. The van der Waals surface area contributed by atoms with Gasteiger partial charge in [-0.2, -0.15) is 0 Å². The molecular weight excluding hydrogens is 198 g/mol. The molecule has 0 aromatic carbocycles. The molecule has 1 amide bonds. The highest BCUT2D eigenvalue weighted by Gasteiger charge is 2.16. The SMILES string of the molecule is Cc1noc(C)c1C(=O)NCCN=[N+]=[N-]. The third-order valence-corrected chi connectivity index (χ3v) is 1.82. The van der Waals surface area contributed by atoms with Crippen LogP contribution in [0.15, 0.2) is 9.64 Å². The van der Waals surface area contributed by atoms with Gasteiger partial charge in [0.15, 0.2) is 0 Å². The number of aryl methyl sites for hydroxylation is 2. The molecule has 1 N–H and O–H groups in total. The molecule has 7 nitrogen and oxygen atoms in total. The number of azide groups is 1. The van der Waals surface area contributed by atoms with Crippen molar-refractivity contribution in [1.82, 2.24) is 10.5 Å². The van der Waals surface area contributed by atoms with Crippen molar-refractivity contribution in [2.75, 3.05) is 13.1 Å². The van der Waals surface area contributed by atoms with Crippen LogP contribution < -0.4 is 5.32 Å². The van der Waals surface area contributed by atoms with E-state index in [9.17, 15) is 4.79 Å². The van der Waals surface area contributed by atoms with Crippen LogP contribution in [0, 0.1) is 13.8 Å². The summed E-state index contributed by atoms with van der Waals surface area (Å²) in [6.07, 6.45) is 0. The summed E-state index contributed by atoms with van der Waals surface area (Å²) in [4.78, 5) is 14.1. The van der Waals surface area contributed by atoms with E-state index in [1.165, 1.54) is 0 Å². The van der Waals surface area contributed by atoms with Gasteiger partial charge < -0.3 is 9.84 Å². The lowest BCUT2D eigenvalue weighted by molar-refractivity contribution is 0.0953. The molecule has 0 saturated heterocycles. The Hall–Kier alpha value is -2.01. The normalized spacial score (nSPS) is 9.47. The van der Waals surface area contributed by atoms with Crippen molar-refractivity contribution in [2.24, 2.45) is 5.11 Å². The van der Waals surface area contributed by atoms with E-state index in [1.807, 2.05) is 0 Å². The van der Waals surface area contributed by atoms with Gasteiger partial charge in [-0.25, -0.2) is 0 Å². The second-order valence-electron chi connectivity index (χ2n) is 2.91. The first-order valence-electron chi connectivity index (χ1n) is 4.38. The summed E-state index contributed by atoms with van der Waals surface area (Å²) in [7, 11) is 0. The number of carbonyl (C=O) groups excluding carboxylic acids is 1. The second kappa shape index (κ2) is 5.02. The summed E-state index contributed by atoms with van der Waals surface area (Å²) in [5.41, 5.74) is 9.01. The van der Waals surface area contributed by atoms with Crippen molar-refractivity contribution in [1.29, 1.82) is 0 Å². The molecule has 1 rings (SSSR count). The molecule has 1 aromatic heterocycles. The van der Waals surface area contributed by atoms with Crippen molar-refractivity contribution in [3.05, 3.63) is 27.5 Å². The Bertz CT molecular complexity index is 386. The van der Waals surface area contributed by atoms with E-state index in [1.54, 1.807) is 13.8 Å². The lowest BCUT2D eigenvalue weighted by Crippen LogP contribution is -2.26. The molecule has 15 heavy (non-hydrogen) atoms. The molecule has 1 aromatic rings. The van der Waals surface area contributed by atoms with E-state index in [4.69, 9.17) is 10.1 Å². The van der Waals surface area contributed by atoms with Crippen LogP contribution >= 0.6 is 0 Å². The standard InChI is InChI=1S/C8H11N5O2/c1-5-7(6(2)15-12-5)8(14)10-3-4-11-13-9/h3-4H2,1-2H3,(H,10,14). The van der Waals surface area contributed by atoms with Crippen LogP contribution in [-0.4, -0.2) is 24.2 Å². The topological polar surface area (TPSA) is 104 Å². The molecule has 0 atom stereocenters. The quantitative estimate of drug-likeness (QED) is 0.350. The van der Waals surface area contributed by atoms with E-state index >= 15 is 0 Å². The zero-order valence-electron chi connectivity index (χ0n) is 8.52. The Labute approximate surface area is 86.1 Å². The van der Waals surface area contributed by atoms with Gasteiger partial charge in [0, 0.05) is 18.0 Å². The number of carbonyl (C=O) groups is 1. The third-order valence-electron chi connectivity index (χ3n) is 1.82. The molecule has 1 heterocycles. The van der Waals surface area contributed by atoms with Crippen LogP contribution in [0.4, 0.5) is 0 Å². The maximum absolute atomic E-state index is 11.6. The highest BCUT2D eigenvalue weighted by atomic mass is 16.5. The second-order valence-corrected chi connectivity index (χ2v) is 2.91. The molecule has 0 fully saturated rings. The van der Waals surface area contributed by atoms with Crippen molar-refractivity contribution < 1.29 is 9.32 Å². The predicted molar refractivity (Wildman–Crippen MR) is 52.3 cm³/mol. The molecule has 80 valence electrons. The minimum Gasteiger partial charge on any atom is -0.361 e. The van der Waals surface area contributed by atoms with Gasteiger partial charge in [-0.05, 0) is 19.4 Å². The van der Waals surface area contributed by atoms with E-state index in [-0.39, 0.29) is 12.5 Å². The largest absolute Gasteiger partial charge is 0.361 e. The van der Waals surface area contributed by atoms with Crippen molar-refractivity contribution >= 4 is 5.91 Å². The van der Waals surface area contributed by atoms with Gasteiger partial charge in [0.1, 0.15) is 11.3 Å². The summed E-state index contributed by atoms with van der Waals surface area (Å²) in [6.45, 7) is 3.89. The van der Waals surface area contributed by atoms with Crippen LogP contribution in [0.3, 0.4) is 0 Å². The lowest BCUT2D eigenvalue weighted by atomic mass is 10.2. The highest BCUT2D eigenvalue weighted by molar-refractivity contribution is 5.96. The smallest absolute Gasteiger partial charge is 0.256 e. The fourth-order valence-electron chi connectivity index (χ4n) is 1.16. The molecule has 7 heteroatoms. The average Bonchev–Trinajstić information content (AvgIpc) is 2.53. The highest BCUT2D eigenvalue weighted by Crippen LogP contribution is 2.11. The van der Waals surface area contributed by atoms with Gasteiger partial charge in [0.2, 0.25) is 0 Å². The first kappa shape index (κ1) is 11.1. The van der Waals surface area contributed by atoms with E-state index < -0.39 is 0 Å². The number of nitrogens with one attached hydrogen (secondary N) is 1. The predicted octanol–water partition coefficient (Wildman–Crippen LogP) is 1.33. The molecule has 0 aliphatic carbocycles. The summed E-state index contributed by atoms with van der Waals surface area (Å²) in [5.74, 6) is 0.216. The maximum atomic E-state index is 11.6. The van der Waals surface area contributed by atoms with Crippen molar-refractivity contribution in [3.63, 3.8) is 0 Å². The van der Waals surface area contributed by atoms with E-state index in [0.717, 1.165) is 0 Å². The van der Waals surface area contributed by atoms with Crippen LogP contribution in [-0.2, 0) is 0 Å². The number of nitrogens with zero attached hydrogens (tertiary/aromatic N) is 4. The first-order chi connectivity index (χ1) is 7.16. The van der Waals surface area contributed by atoms with Gasteiger partial charge in [0.25, 0.3) is 5.91 Å². The average molecular weight is 209 g/mol. The monoisotopic (exact) mass is 209 g/mol. The number of rotatable bonds is 4. The van der Waals surface area contributed by atoms with E-state index in [2.05, 4.69) is 20.5 Å². The Morgan fingerprint density at radius 1 is 1.67 bits per heavy atom. The molecule has 0 unspecified atom stereocenters. The van der Waals surface area contributed by atoms with Crippen LogP contribution in [0.1, 0.15) is 21.8 Å². The Balaban J connectivity index is 2.57. The number of hydrogen-bond donors (Lipinski definition) is 1. The molecule has 0 bridgehead atoms. The summed E-state index contributed by atoms with van der Waals surface area (Å²) in [6, 6.07) is 0. The first-order valence-corrected chi connectivity index (χ1v) is 4.38. The molecule has 0 aliphatic rings. The molecule has 0 saturated carbocycles. The van der Waals surface area contributed by atoms with Gasteiger partial charge in [-0.1, -0.05) is 10.3 Å². The van der Waals surface area contributed by atoms with E-state index in [0.29, 0.717) is 23.6 Å².